The Hall–Kier alpha value is -1.88. The van der Waals surface area contributed by atoms with Gasteiger partial charge in [0.05, 0.1) is 18.7 Å². The maximum absolute atomic E-state index is 11.3. The SMILES string of the molecule is CCOC(=O)CCN(C)Cc1cn2cccc(C)c2n1. The number of rotatable bonds is 6. The Labute approximate surface area is 119 Å². The molecule has 0 unspecified atom stereocenters. The van der Waals surface area contributed by atoms with Crippen molar-refractivity contribution in [2.45, 2.75) is 26.8 Å². The number of fused-ring (bicyclic) bond motifs is 1. The lowest BCUT2D eigenvalue weighted by Crippen LogP contribution is -2.22. The van der Waals surface area contributed by atoms with Gasteiger partial charge in [-0.3, -0.25) is 9.69 Å². The summed E-state index contributed by atoms with van der Waals surface area (Å²) in [4.78, 5) is 18.0. The number of carbonyl (C=O) groups excluding carboxylic acids is 1. The molecule has 20 heavy (non-hydrogen) atoms. The smallest absolute Gasteiger partial charge is 0.307 e. The first-order valence-corrected chi connectivity index (χ1v) is 6.87. The lowest BCUT2D eigenvalue weighted by Gasteiger charge is -2.14. The molecule has 0 fully saturated rings. The fourth-order valence-corrected chi connectivity index (χ4v) is 2.15. The molecule has 0 radical (unpaired) electrons. The molecule has 0 aliphatic carbocycles. The van der Waals surface area contributed by atoms with Crippen LogP contribution in [0.1, 0.15) is 24.6 Å². The van der Waals surface area contributed by atoms with E-state index in [9.17, 15) is 4.79 Å². The van der Waals surface area contributed by atoms with Gasteiger partial charge in [0.2, 0.25) is 0 Å². The number of carbonyl (C=O) groups is 1. The summed E-state index contributed by atoms with van der Waals surface area (Å²) in [5.74, 6) is -0.148. The van der Waals surface area contributed by atoms with Gasteiger partial charge in [0.1, 0.15) is 5.65 Å². The van der Waals surface area contributed by atoms with Crippen LogP contribution in [0.25, 0.3) is 5.65 Å². The van der Waals surface area contributed by atoms with Gasteiger partial charge >= 0.3 is 5.97 Å². The van der Waals surface area contributed by atoms with E-state index < -0.39 is 0 Å². The Morgan fingerprint density at radius 1 is 1.50 bits per heavy atom. The maximum atomic E-state index is 11.3. The third kappa shape index (κ3) is 3.57. The third-order valence-corrected chi connectivity index (χ3v) is 3.16. The van der Waals surface area contributed by atoms with Crippen LogP contribution in [-0.4, -0.2) is 40.5 Å². The summed E-state index contributed by atoms with van der Waals surface area (Å²) in [7, 11) is 1.98. The van der Waals surface area contributed by atoms with Gasteiger partial charge in [0.15, 0.2) is 0 Å². The quantitative estimate of drug-likeness (QED) is 0.757. The first kappa shape index (κ1) is 14.5. The van der Waals surface area contributed by atoms with Crippen LogP contribution >= 0.6 is 0 Å². The molecule has 0 saturated carbocycles. The predicted octanol–water partition coefficient (Wildman–Crippen LogP) is 2.03. The van der Waals surface area contributed by atoms with Gasteiger partial charge in [-0.1, -0.05) is 6.07 Å². The van der Waals surface area contributed by atoms with Gasteiger partial charge in [-0.2, -0.15) is 0 Å². The van der Waals surface area contributed by atoms with E-state index in [2.05, 4.69) is 22.9 Å². The molecule has 0 amide bonds. The predicted molar refractivity (Wildman–Crippen MR) is 77.5 cm³/mol. The molecule has 0 aromatic carbocycles. The second kappa shape index (κ2) is 6.52. The zero-order valence-corrected chi connectivity index (χ0v) is 12.3. The second-order valence-electron chi connectivity index (χ2n) is 4.95. The highest BCUT2D eigenvalue weighted by Crippen LogP contribution is 2.11. The lowest BCUT2D eigenvalue weighted by molar-refractivity contribution is -0.143. The van der Waals surface area contributed by atoms with Gasteiger partial charge in [0, 0.05) is 25.5 Å². The third-order valence-electron chi connectivity index (χ3n) is 3.16. The minimum Gasteiger partial charge on any atom is -0.466 e. The van der Waals surface area contributed by atoms with Crippen molar-refractivity contribution in [3.8, 4) is 0 Å². The van der Waals surface area contributed by atoms with Crippen LogP contribution in [0, 0.1) is 6.92 Å². The molecular weight excluding hydrogens is 254 g/mol. The second-order valence-corrected chi connectivity index (χ2v) is 4.95. The van der Waals surface area contributed by atoms with E-state index in [4.69, 9.17) is 4.74 Å². The summed E-state index contributed by atoms with van der Waals surface area (Å²) in [5.41, 5.74) is 3.15. The highest BCUT2D eigenvalue weighted by molar-refractivity contribution is 5.69. The number of imidazole rings is 1. The number of aromatic nitrogens is 2. The molecule has 0 bridgehead atoms. The molecule has 0 aliphatic rings. The summed E-state index contributed by atoms with van der Waals surface area (Å²) in [6.07, 6.45) is 4.44. The number of ether oxygens (including phenoxy) is 1. The van der Waals surface area contributed by atoms with Crippen LogP contribution in [0.5, 0.6) is 0 Å². The average molecular weight is 275 g/mol. The number of aryl methyl sites for hydroxylation is 1. The Kier molecular flexibility index (Phi) is 4.74. The van der Waals surface area contributed by atoms with E-state index in [1.54, 1.807) is 0 Å². The summed E-state index contributed by atoms with van der Waals surface area (Å²) >= 11 is 0. The zero-order valence-electron chi connectivity index (χ0n) is 12.3. The fraction of sp³-hybridized carbons (Fsp3) is 0.467. The Bertz CT molecular complexity index is 592. The topological polar surface area (TPSA) is 46.8 Å². The lowest BCUT2D eigenvalue weighted by atomic mass is 10.3. The molecule has 2 aromatic heterocycles. The molecule has 0 aliphatic heterocycles. The first-order chi connectivity index (χ1) is 9.60. The van der Waals surface area contributed by atoms with Gasteiger partial charge in [-0.15, -0.1) is 0 Å². The molecule has 108 valence electrons. The standard InChI is InChI=1S/C15H21N3O2/c1-4-20-14(19)7-9-17(3)10-13-11-18-8-5-6-12(2)15(18)16-13/h5-6,8,11H,4,7,9-10H2,1-3H3. The summed E-state index contributed by atoms with van der Waals surface area (Å²) in [5, 5.41) is 0. The summed E-state index contributed by atoms with van der Waals surface area (Å²) in [6.45, 7) is 5.71. The van der Waals surface area contributed by atoms with Crippen molar-refractivity contribution in [1.29, 1.82) is 0 Å². The minimum atomic E-state index is -0.148. The van der Waals surface area contributed by atoms with E-state index in [0.717, 1.165) is 23.4 Å². The monoisotopic (exact) mass is 275 g/mol. The van der Waals surface area contributed by atoms with E-state index in [1.807, 2.05) is 36.8 Å². The van der Waals surface area contributed by atoms with Crippen molar-refractivity contribution in [2.24, 2.45) is 0 Å². The molecular formula is C15H21N3O2. The molecule has 2 rings (SSSR count). The van der Waals surface area contributed by atoms with Crippen LogP contribution in [0.3, 0.4) is 0 Å². The van der Waals surface area contributed by atoms with Gasteiger partial charge in [-0.05, 0) is 32.5 Å². The highest BCUT2D eigenvalue weighted by Gasteiger charge is 2.09. The Morgan fingerprint density at radius 2 is 2.30 bits per heavy atom. The van der Waals surface area contributed by atoms with Crippen molar-refractivity contribution in [2.75, 3.05) is 20.2 Å². The summed E-state index contributed by atoms with van der Waals surface area (Å²) in [6, 6.07) is 4.06. The number of pyridine rings is 1. The van der Waals surface area contributed by atoms with Crippen molar-refractivity contribution < 1.29 is 9.53 Å². The minimum absolute atomic E-state index is 0.148. The largest absolute Gasteiger partial charge is 0.466 e. The average Bonchev–Trinajstić information content (AvgIpc) is 2.81. The molecule has 0 saturated heterocycles. The van der Waals surface area contributed by atoms with Gasteiger partial charge in [-0.25, -0.2) is 4.98 Å². The molecule has 0 spiro atoms. The maximum Gasteiger partial charge on any atom is 0.307 e. The normalized spacial score (nSPS) is 11.2. The van der Waals surface area contributed by atoms with Crippen molar-refractivity contribution >= 4 is 11.6 Å². The van der Waals surface area contributed by atoms with E-state index in [1.165, 1.54) is 0 Å². The van der Waals surface area contributed by atoms with Crippen LogP contribution in [-0.2, 0) is 16.1 Å². The van der Waals surface area contributed by atoms with Crippen molar-refractivity contribution in [3.63, 3.8) is 0 Å². The molecule has 5 heteroatoms. The molecule has 2 aromatic rings. The zero-order chi connectivity index (χ0) is 14.5. The number of esters is 1. The van der Waals surface area contributed by atoms with E-state index >= 15 is 0 Å². The molecule has 0 N–H and O–H groups in total. The highest BCUT2D eigenvalue weighted by atomic mass is 16.5. The van der Waals surface area contributed by atoms with Crippen LogP contribution < -0.4 is 0 Å². The fourth-order valence-electron chi connectivity index (χ4n) is 2.15. The van der Waals surface area contributed by atoms with E-state index in [0.29, 0.717) is 19.6 Å². The number of nitrogens with zero attached hydrogens (tertiary/aromatic N) is 3. The van der Waals surface area contributed by atoms with Crippen molar-refractivity contribution in [3.05, 3.63) is 35.8 Å². The van der Waals surface area contributed by atoms with Crippen LogP contribution in [0.4, 0.5) is 0 Å². The van der Waals surface area contributed by atoms with E-state index in [-0.39, 0.29) is 5.97 Å². The molecule has 0 atom stereocenters. The Balaban J connectivity index is 1.94. The van der Waals surface area contributed by atoms with Crippen LogP contribution in [0.2, 0.25) is 0 Å². The number of hydrogen-bond donors (Lipinski definition) is 0. The molecule has 2 heterocycles. The number of hydrogen-bond acceptors (Lipinski definition) is 4. The van der Waals surface area contributed by atoms with Gasteiger partial charge in [0.25, 0.3) is 0 Å². The summed E-state index contributed by atoms with van der Waals surface area (Å²) < 4.78 is 6.95. The first-order valence-electron chi connectivity index (χ1n) is 6.87. The molecule has 5 nitrogen and oxygen atoms in total. The van der Waals surface area contributed by atoms with Crippen LogP contribution in [0.15, 0.2) is 24.5 Å². The Morgan fingerprint density at radius 3 is 3.00 bits per heavy atom. The van der Waals surface area contributed by atoms with Crippen molar-refractivity contribution in [1.82, 2.24) is 14.3 Å². The van der Waals surface area contributed by atoms with Gasteiger partial charge < -0.3 is 9.14 Å².